The van der Waals surface area contributed by atoms with Crippen LogP contribution in [0.25, 0.3) is 0 Å². The summed E-state index contributed by atoms with van der Waals surface area (Å²) in [5, 5.41) is 27.8. The first-order valence-electron chi connectivity index (χ1n) is 9.94. The number of hydrogen-bond acceptors (Lipinski definition) is 4. The molecule has 4 rings (SSSR count). The van der Waals surface area contributed by atoms with Gasteiger partial charge in [0.2, 0.25) is 0 Å². The summed E-state index contributed by atoms with van der Waals surface area (Å²) in [5.74, 6) is -2.31. The molecule has 2 aromatic carbocycles. The van der Waals surface area contributed by atoms with Crippen LogP contribution < -0.4 is 10.5 Å². The van der Waals surface area contributed by atoms with Crippen molar-refractivity contribution in [2.45, 2.75) is 56.1 Å². The maximum atomic E-state index is 14.8. The van der Waals surface area contributed by atoms with Gasteiger partial charge in [0.05, 0.1) is 9.92 Å². The van der Waals surface area contributed by atoms with Crippen LogP contribution in [0.5, 0.6) is 0 Å². The molecule has 7 nitrogen and oxygen atoms in total. The Bertz CT molecular complexity index is 1190. The number of nitrogens with one attached hydrogen (secondary N) is 1. The minimum atomic E-state index is -3.72. The Kier molecular flexibility index (Phi) is 6.95. The van der Waals surface area contributed by atoms with E-state index in [0.29, 0.717) is 42.5 Å². The number of benzene rings is 2. The van der Waals surface area contributed by atoms with Crippen LogP contribution in [0.2, 0.25) is 5.02 Å². The Balaban J connectivity index is 0.00000289. The molecule has 2 aromatic rings. The second-order valence-electron chi connectivity index (χ2n) is 8.07. The summed E-state index contributed by atoms with van der Waals surface area (Å²) in [5.41, 5.74) is 3.45. The Morgan fingerprint density at radius 1 is 1.16 bits per heavy atom. The zero-order valence-corrected chi connectivity index (χ0v) is 19.9. The second-order valence-corrected chi connectivity index (χ2v) is 10.2. The van der Waals surface area contributed by atoms with Crippen molar-refractivity contribution < 1.29 is 23.6 Å². The quantitative estimate of drug-likeness (QED) is 0.479. The summed E-state index contributed by atoms with van der Waals surface area (Å²) in [6.07, 6.45) is 4.17. The number of hydrogen-bond donors (Lipinski definition) is 4. The molecule has 0 aromatic heterocycles. The first-order chi connectivity index (χ1) is 14.5. The first kappa shape index (κ1) is 24.9. The number of fused-ring (bicyclic) bond motifs is 2. The Hall–Kier alpha value is -1.69. The van der Waals surface area contributed by atoms with Crippen molar-refractivity contribution in [1.82, 2.24) is 0 Å². The number of aliphatic hydroxyl groups is 2. The summed E-state index contributed by atoms with van der Waals surface area (Å²) in [4.78, 5) is 12.6. The van der Waals surface area contributed by atoms with Crippen LogP contribution in [0.4, 0.5) is 14.9 Å². The van der Waals surface area contributed by atoms with Gasteiger partial charge in [-0.25, -0.2) is 18.5 Å². The largest absolute Gasteiger partial charge is 0.362 e. The molecule has 0 fully saturated rings. The minimum absolute atomic E-state index is 0. The maximum Gasteiger partial charge on any atom is 0.354 e. The molecule has 0 radical (unpaired) electrons. The molecule has 1 unspecified atom stereocenters. The molecule has 174 valence electrons. The highest BCUT2D eigenvalue weighted by Crippen LogP contribution is 2.41. The van der Waals surface area contributed by atoms with E-state index in [1.807, 2.05) is 0 Å². The average Bonchev–Trinajstić information content (AvgIpc) is 3.33. The van der Waals surface area contributed by atoms with E-state index in [1.54, 1.807) is 0 Å². The predicted octanol–water partition coefficient (Wildman–Crippen LogP) is 3.66. The molecule has 2 amide bonds. The van der Waals surface area contributed by atoms with E-state index < -0.39 is 21.7 Å². The fourth-order valence-electron chi connectivity index (χ4n) is 4.37. The molecule has 0 heterocycles. The lowest BCUT2D eigenvalue weighted by Crippen LogP contribution is -2.21. The van der Waals surface area contributed by atoms with Crippen molar-refractivity contribution in [2.24, 2.45) is 9.50 Å². The van der Waals surface area contributed by atoms with Gasteiger partial charge in [0, 0.05) is 11.3 Å². The fraction of sp³-hybridized carbons (Fsp3) is 0.381. The topological polar surface area (TPSA) is 125 Å². The molecule has 32 heavy (non-hydrogen) atoms. The van der Waals surface area contributed by atoms with Crippen molar-refractivity contribution in [3.63, 3.8) is 0 Å². The van der Waals surface area contributed by atoms with Crippen molar-refractivity contribution in [2.75, 3.05) is 5.32 Å². The van der Waals surface area contributed by atoms with Gasteiger partial charge in [-0.2, -0.15) is 13.5 Å². The van der Waals surface area contributed by atoms with E-state index in [9.17, 15) is 23.6 Å². The SMILES string of the molecule is CC(O)(O)c1ccc(S(N)(=O)=NC(=O)Nc2c3c(c(F)c4c2CCC4)CCC3)c(Cl)c1.S. The molecule has 2 aliphatic rings. The highest BCUT2D eigenvalue weighted by Gasteiger charge is 2.30. The minimum Gasteiger partial charge on any atom is -0.362 e. The van der Waals surface area contributed by atoms with Gasteiger partial charge in [-0.3, -0.25) is 0 Å². The zero-order chi connectivity index (χ0) is 22.6. The number of urea groups is 1. The first-order valence-corrected chi connectivity index (χ1v) is 11.9. The normalized spacial score (nSPS) is 16.6. The smallest absolute Gasteiger partial charge is 0.354 e. The van der Waals surface area contributed by atoms with Gasteiger partial charge in [-0.05, 0) is 79.8 Å². The number of carbonyl (C=O) groups is 1. The van der Waals surface area contributed by atoms with Gasteiger partial charge in [0.1, 0.15) is 15.7 Å². The molecule has 0 aliphatic heterocycles. The molecule has 1 atom stereocenters. The number of halogens is 2. The van der Waals surface area contributed by atoms with Gasteiger partial charge in [-0.15, -0.1) is 4.36 Å². The number of amides is 2. The number of nitrogens with zero attached hydrogens (tertiary/aromatic N) is 1. The third-order valence-corrected chi connectivity index (χ3v) is 7.66. The predicted molar refractivity (Wildman–Crippen MR) is 126 cm³/mol. The van der Waals surface area contributed by atoms with Crippen LogP contribution in [-0.4, -0.2) is 20.5 Å². The van der Waals surface area contributed by atoms with Crippen molar-refractivity contribution in [3.05, 3.63) is 56.9 Å². The third-order valence-electron chi connectivity index (χ3n) is 5.81. The van der Waals surface area contributed by atoms with Gasteiger partial charge in [0.25, 0.3) is 0 Å². The third kappa shape index (κ3) is 4.52. The number of carbonyl (C=O) groups excluding carboxylic acids is 1. The highest BCUT2D eigenvalue weighted by molar-refractivity contribution is 7.91. The second kappa shape index (κ2) is 8.92. The van der Waals surface area contributed by atoms with Gasteiger partial charge in [-0.1, -0.05) is 17.7 Å². The molecular weight excluding hydrogens is 477 g/mol. The van der Waals surface area contributed by atoms with E-state index in [2.05, 4.69) is 9.68 Å². The molecule has 5 N–H and O–H groups in total. The van der Waals surface area contributed by atoms with Gasteiger partial charge in [0.15, 0.2) is 5.79 Å². The van der Waals surface area contributed by atoms with Crippen LogP contribution in [0, 0.1) is 5.82 Å². The Morgan fingerprint density at radius 3 is 2.19 bits per heavy atom. The molecule has 0 bridgehead atoms. The van der Waals surface area contributed by atoms with Crippen molar-refractivity contribution in [3.8, 4) is 0 Å². The molecule has 0 saturated heterocycles. The van der Waals surface area contributed by atoms with Gasteiger partial charge >= 0.3 is 6.03 Å². The standard InChI is InChI=1S/C21H23ClFN3O4S.H2S/c1-21(28,29)11-8-9-17(16(22)10-11)31(24,30)26-20(27)25-19-14-6-2-4-12(14)18(23)13-5-3-7-15(13)19;/h8-10,28-29H,2-7H2,1H3,(H3,24,25,26,27,30);1H2. The van der Waals surface area contributed by atoms with Crippen LogP contribution in [0.15, 0.2) is 27.5 Å². The van der Waals surface area contributed by atoms with Crippen LogP contribution in [0.1, 0.15) is 47.6 Å². The van der Waals surface area contributed by atoms with Crippen molar-refractivity contribution in [1.29, 1.82) is 0 Å². The maximum absolute atomic E-state index is 14.8. The lowest BCUT2D eigenvalue weighted by Gasteiger charge is -2.18. The molecular formula is C21H25ClFN3O4S2. The number of nitrogens with two attached hydrogens (primary N) is 1. The summed E-state index contributed by atoms with van der Waals surface area (Å²) < 4.78 is 31.4. The zero-order valence-electron chi connectivity index (χ0n) is 17.4. The van der Waals surface area contributed by atoms with Crippen LogP contribution in [0.3, 0.4) is 0 Å². The highest BCUT2D eigenvalue weighted by atomic mass is 35.5. The van der Waals surface area contributed by atoms with E-state index in [1.165, 1.54) is 18.2 Å². The summed E-state index contributed by atoms with van der Waals surface area (Å²) in [6, 6.07) is 2.84. The molecule has 11 heteroatoms. The Morgan fingerprint density at radius 2 is 1.69 bits per heavy atom. The fourth-order valence-corrected chi connectivity index (χ4v) is 5.88. The summed E-state index contributed by atoms with van der Waals surface area (Å²) in [7, 11) is -3.72. The lowest BCUT2D eigenvalue weighted by molar-refractivity contribution is -0.152. The summed E-state index contributed by atoms with van der Waals surface area (Å²) >= 11 is 6.12. The van der Waals surface area contributed by atoms with Crippen LogP contribution >= 0.6 is 25.1 Å². The molecule has 2 aliphatic carbocycles. The monoisotopic (exact) mass is 501 g/mol. The lowest BCUT2D eigenvalue weighted by atomic mass is 9.98. The van der Waals surface area contributed by atoms with E-state index in [4.69, 9.17) is 16.7 Å². The van der Waals surface area contributed by atoms with E-state index in [0.717, 1.165) is 30.9 Å². The van der Waals surface area contributed by atoms with E-state index in [-0.39, 0.29) is 34.8 Å². The van der Waals surface area contributed by atoms with E-state index >= 15 is 0 Å². The van der Waals surface area contributed by atoms with Gasteiger partial charge < -0.3 is 15.5 Å². The van der Waals surface area contributed by atoms with Crippen molar-refractivity contribution >= 4 is 46.7 Å². The molecule has 0 spiro atoms. The van der Waals surface area contributed by atoms with Crippen LogP contribution in [-0.2, 0) is 41.4 Å². The number of anilines is 1. The average molecular weight is 502 g/mol. The number of rotatable bonds is 3. The summed E-state index contributed by atoms with van der Waals surface area (Å²) in [6.45, 7) is 1.15. The molecule has 0 saturated carbocycles. The Labute approximate surface area is 197 Å².